The molecule has 1 aliphatic heterocycles. The molecule has 2 amide bonds. The summed E-state index contributed by atoms with van der Waals surface area (Å²) in [5, 5.41) is 2.89. The summed E-state index contributed by atoms with van der Waals surface area (Å²) >= 11 is 0. The number of methoxy groups -OCH3 is 1. The SMILES string of the molecule is COc1cccc(/C=C/NC(=O)N2C(C)(C)CC(N)CC2(C)C)c1. The smallest absolute Gasteiger partial charge is 0.322 e. The first kappa shape index (κ1) is 18.3. The lowest BCUT2D eigenvalue weighted by molar-refractivity contribution is 0.00444. The van der Waals surface area contributed by atoms with Crippen LogP contribution in [0.25, 0.3) is 6.08 Å². The number of hydrogen-bond acceptors (Lipinski definition) is 3. The Hall–Kier alpha value is -2.01. The molecule has 1 fully saturated rings. The average molecular weight is 331 g/mol. The zero-order chi connectivity index (χ0) is 18.0. The lowest BCUT2D eigenvalue weighted by atomic mass is 9.77. The second-order valence-electron chi connectivity index (χ2n) is 7.69. The van der Waals surface area contributed by atoms with Crippen LogP contribution in [0.2, 0.25) is 0 Å². The number of hydrogen-bond donors (Lipinski definition) is 2. The molecule has 1 aromatic carbocycles. The normalized spacial score (nSPS) is 20.2. The Bertz CT molecular complexity index is 605. The summed E-state index contributed by atoms with van der Waals surface area (Å²) in [6.07, 6.45) is 5.13. The Kier molecular flexibility index (Phi) is 5.23. The fourth-order valence-corrected chi connectivity index (χ4v) is 3.93. The maximum absolute atomic E-state index is 12.7. The van der Waals surface area contributed by atoms with Gasteiger partial charge >= 0.3 is 6.03 Å². The molecule has 0 spiro atoms. The maximum atomic E-state index is 12.7. The van der Waals surface area contributed by atoms with Crippen LogP contribution >= 0.6 is 0 Å². The minimum absolute atomic E-state index is 0.101. The van der Waals surface area contributed by atoms with Crippen molar-refractivity contribution in [2.75, 3.05) is 7.11 Å². The van der Waals surface area contributed by atoms with E-state index in [0.29, 0.717) is 0 Å². The summed E-state index contributed by atoms with van der Waals surface area (Å²) in [5.41, 5.74) is 6.57. The highest BCUT2D eigenvalue weighted by Crippen LogP contribution is 2.37. The van der Waals surface area contributed by atoms with Gasteiger partial charge in [0.25, 0.3) is 0 Å². The van der Waals surface area contributed by atoms with E-state index in [-0.39, 0.29) is 23.2 Å². The Morgan fingerprint density at radius 2 is 1.92 bits per heavy atom. The van der Waals surface area contributed by atoms with Crippen molar-refractivity contribution in [2.45, 2.75) is 57.7 Å². The summed E-state index contributed by atoms with van der Waals surface area (Å²) in [7, 11) is 1.63. The van der Waals surface area contributed by atoms with E-state index in [4.69, 9.17) is 10.5 Å². The van der Waals surface area contributed by atoms with E-state index in [9.17, 15) is 4.79 Å². The first-order valence-electron chi connectivity index (χ1n) is 8.33. The Morgan fingerprint density at radius 1 is 1.29 bits per heavy atom. The molecule has 3 N–H and O–H groups in total. The van der Waals surface area contributed by atoms with Gasteiger partial charge in [0.1, 0.15) is 5.75 Å². The summed E-state index contributed by atoms with van der Waals surface area (Å²) < 4.78 is 5.20. The van der Waals surface area contributed by atoms with E-state index in [0.717, 1.165) is 24.2 Å². The van der Waals surface area contributed by atoms with Crippen LogP contribution in [0.5, 0.6) is 5.75 Å². The number of nitrogens with one attached hydrogen (secondary N) is 1. The second-order valence-corrected chi connectivity index (χ2v) is 7.69. The van der Waals surface area contributed by atoms with E-state index >= 15 is 0 Å². The number of urea groups is 1. The van der Waals surface area contributed by atoms with Crippen molar-refractivity contribution in [3.63, 3.8) is 0 Å². The maximum Gasteiger partial charge on any atom is 0.322 e. The van der Waals surface area contributed by atoms with E-state index < -0.39 is 0 Å². The molecule has 0 bridgehead atoms. The van der Waals surface area contributed by atoms with Gasteiger partial charge in [0, 0.05) is 23.3 Å². The third kappa shape index (κ3) is 4.09. The first-order chi connectivity index (χ1) is 11.2. The summed E-state index contributed by atoms with van der Waals surface area (Å²) in [6, 6.07) is 7.69. The molecule has 1 heterocycles. The van der Waals surface area contributed by atoms with Crippen LogP contribution in [0, 0.1) is 0 Å². The minimum atomic E-state index is -0.283. The number of rotatable bonds is 3. The van der Waals surface area contributed by atoms with Crippen LogP contribution in [0.15, 0.2) is 30.5 Å². The van der Waals surface area contributed by atoms with Crippen molar-refractivity contribution in [2.24, 2.45) is 5.73 Å². The number of nitrogens with zero attached hydrogens (tertiary/aromatic N) is 1. The lowest BCUT2D eigenvalue weighted by Gasteiger charge is -2.54. The number of likely N-dealkylation sites (tertiary alicyclic amines) is 1. The standard InChI is InChI=1S/C19H29N3O2/c1-18(2)12-15(20)13-19(3,4)22(18)17(23)21-10-9-14-7-6-8-16(11-14)24-5/h6-11,15H,12-13,20H2,1-5H3,(H,21,23)/b10-9+. The van der Waals surface area contributed by atoms with Crippen LogP contribution in [0.3, 0.4) is 0 Å². The predicted molar refractivity (Wildman–Crippen MR) is 97.8 cm³/mol. The number of nitrogens with two attached hydrogens (primary N) is 1. The first-order valence-corrected chi connectivity index (χ1v) is 8.33. The molecule has 1 saturated heterocycles. The molecular formula is C19H29N3O2. The monoisotopic (exact) mass is 331 g/mol. The van der Waals surface area contributed by atoms with Crippen molar-refractivity contribution >= 4 is 12.1 Å². The highest BCUT2D eigenvalue weighted by molar-refractivity contribution is 5.78. The summed E-state index contributed by atoms with van der Waals surface area (Å²) in [4.78, 5) is 14.7. The molecule has 0 unspecified atom stereocenters. The fraction of sp³-hybridized carbons (Fsp3) is 0.526. The molecule has 0 aliphatic carbocycles. The van der Waals surface area contributed by atoms with Gasteiger partial charge in [0.05, 0.1) is 7.11 Å². The number of carbonyl (C=O) groups excluding carboxylic acids is 1. The van der Waals surface area contributed by atoms with E-state index in [2.05, 4.69) is 33.0 Å². The zero-order valence-electron chi connectivity index (χ0n) is 15.3. The number of ether oxygens (including phenoxy) is 1. The Labute approximate surface area is 144 Å². The molecule has 5 nitrogen and oxygen atoms in total. The highest BCUT2D eigenvalue weighted by atomic mass is 16.5. The summed E-state index contributed by atoms with van der Waals surface area (Å²) in [6.45, 7) is 8.27. The van der Waals surface area contributed by atoms with Gasteiger partial charge in [-0.05, 0) is 64.3 Å². The Morgan fingerprint density at radius 3 is 2.50 bits per heavy atom. The zero-order valence-corrected chi connectivity index (χ0v) is 15.3. The molecule has 0 atom stereocenters. The van der Waals surface area contributed by atoms with Crippen molar-refractivity contribution in [1.29, 1.82) is 0 Å². The molecule has 5 heteroatoms. The van der Waals surface area contributed by atoms with Gasteiger partial charge in [-0.3, -0.25) is 0 Å². The van der Waals surface area contributed by atoms with Gasteiger partial charge < -0.3 is 20.7 Å². The van der Waals surface area contributed by atoms with Crippen molar-refractivity contribution < 1.29 is 9.53 Å². The quantitative estimate of drug-likeness (QED) is 0.892. The van der Waals surface area contributed by atoms with Gasteiger partial charge in [-0.25, -0.2) is 4.79 Å². The lowest BCUT2D eigenvalue weighted by Crippen LogP contribution is -2.66. The van der Waals surface area contributed by atoms with Gasteiger partial charge in [-0.1, -0.05) is 12.1 Å². The number of amides is 2. The molecular weight excluding hydrogens is 302 g/mol. The van der Waals surface area contributed by atoms with E-state index in [1.807, 2.05) is 35.2 Å². The van der Waals surface area contributed by atoms with Crippen molar-refractivity contribution in [3.8, 4) is 5.75 Å². The van der Waals surface area contributed by atoms with Crippen LogP contribution in [0.4, 0.5) is 4.79 Å². The summed E-state index contributed by atoms with van der Waals surface area (Å²) in [5.74, 6) is 0.788. The third-order valence-electron chi connectivity index (χ3n) is 4.51. The molecule has 24 heavy (non-hydrogen) atoms. The van der Waals surface area contributed by atoms with Crippen LogP contribution < -0.4 is 15.8 Å². The van der Waals surface area contributed by atoms with Crippen molar-refractivity contribution in [1.82, 2.24) is 10.2 Å². The predicted octanol–water partition coefficient (Wildman–Crippen LogP) is 3.36. The minimum Gasteiger partial charge on any atom is -0.497 e. The molecule has 0 aromatic heterocycles. The van der Waals surface area contributed by atoms with Crippen molar-refractivity contribution in [3.05, 3.63) is 36.0 Å². The van der Waals surface area contributed by atoms with Gasteiger partial charge in [0.2, 0.25) is 0 Å². The third-order valence-corrected chi connectivity index (χ3v) is 4.51. The van der Waals surface area contributed by atoms with Crippen LogP contribution in [-0.4, -0.2) is 35.2 Å². The molecule has 1 aliphatic rings. The second kappa shape index (κ2) is 6.85. The largest absolute Gasteiger partial charge is 0.497 e. The molecule has 0 saturated carbocycles. The molecule has 1 aromatic rings. The van der Waals surface area contributed by atoms with Gasteiger partial charge in [-0.2, -0.15) is 0 Å². The number of benzene rings is 1. The van der Waals surface area contributed by atoms with E-state index in [1.54, 1.807) is 13.3 Å². The Balaban J connectivity index is 2.09. The van der Waals surface area contributed by atoms with Gasteiger partial charge in [-0.15, -0.1) is 0 Å². The van der Waals surface area contributed by atoms with Crippen LogP contribution in [0.1, 0.15) is 46.1 Å². The number of piperidine rings is 1. The van der Waals surface area contributed by atoms with Crippen LogP contribution in [-0.2, 0) is 0 Å². The molecule has 2 rings (SSSR count). The molecule has 132 valence electrons. The highest BCUT2D eigenvalue weighted by Gasteiger charge is 2.46. The van der Waals surface area contributed by atoms with E-state index in [1.165, 1.54) is 0 Å². The number of carbonyl (C=O) groups is 1. The molecule has 0 radical (unpaired) electrons. The average Bonchev–Trinajstić information content (AvgIpc) is 2.44. The van der Waals surface area contributed by atoms with Gasteiger partial charge in [0.15, 0.2) is 0 Å². The topological polar surface area (TPSA) is 67.6 Å². The fourth-order valence-electron chi connectivity index (χ4n) is 3.93.